The van der Waals surface area contributed by atoms with Crippen molar-refractivity contribution in [1.82, 2.24) is 0 Å². The fraction of sp³-hybridized carbons (Fsp3) is 0.917. The van der Waals surface area contributed by atoms with Crippen molar-refractivity contribution in [2.24, 2.45) is 11.8 Å². The fourth-order valence-corrected chi connectivity index (χ4v) is 0.888. The molecule has 0 aromatic heterocycles. The summed E-state index contributed by atoms with van der Waals surface area (Å²) in [5.74, 6) is 0.833. The lowest BCUT2D eigenvalue weighted by Crippen LogP contribution is -2.15. The van der Waals surface area contributed by atoms with E-state index in [9.17, 15) is 4.79 Å². The Hall–Kier alpha value is -0.410. The quantitative estimate of drug-likeness (QED) is 0.534. The fourth-order valence-electron chi connectivity index (χ4n) is 0.888. The predicted octanol–water partition coefficient (Wildman–Crippen LogP) is 3.33. The Balaban J connectivity index is 0.000000265. The van der Waals surface area contributed by atoms with Crippen molar-refractivity contribution in [3.63, 3.8) is 0 Å². The van der Waals surface area contributed by atoms with Crippen LogP contribution in [0, 0.1) is 11.8 Å². The molecule has 0 bridgehead atoms. The van der Waals surface area contributed by atoms with E-state index in [-0.39, 0.29) is 11.7 Å². The predicted molar refractivity (Wildman–Crippen MR) is 60.2 cm³/mol. The molecule has 1 heterocycles. The minimum atomic E-state index is -0.241. The summed E-state index contributed by atoms with van der Waals surface area (Å²) in [5, 5.41) is 0. The smallest absolute Gasteiger partial charge is 0.234 e. The average molecular weight is 216 g/mol. The van der Waals surface area contributed by atoms with Crippen LogP contribution in [0.15, 0.2) is 0 Å². The van der Waals surface area contributed by atoms with E-state index in [0.717, 1.165) is 12.8 Å². The van der Waals surface area contributed by atoms with Crippen LogP contribution in [0.1, 0.15) is 54.4 Å². The first-order valence-corrected chi connectivity index (χ1v) is 5.74. The van der Waals surface area contributed by atoms with Crippen molar-refractivity contribution in [3.05, 3.63) is 0 Å². The Morgan fingerprint density at radius 1 is 1.20 bits per heavy atom. The van der Waals surface area contributed by atoms with Crippen molar-refractivity contribution in [1.29, 1.82) is 0 Å². The van der Waals surface area contributed by atoms with Gasteiger partial charge in [-0.1, -0.05) is 27.7 Å². The highest BCUT2D eigenvalue weighted by atomic mass is 17.4. The summed E-state index contributed by atoms with van der Waals surface area (Å²) >= 11 is 0. The van der Waals surface area contributed by atoms with Gasteiger partial charge in [0.2, 0.25) is 5.79 Å². The third kappa shape index (κ3) is 5.28. The number of carbonyl (C=O) groups excluding carboxylic acids is 1. The zero-order chi connectivity index (χ0) is 12.1. The Bertz CT molecular complexity index is 197. The van der Waals surface area contributed by atoms with Crippen LogP contribution in [-0.4, -0.2) is 11.6 Å². The molecule has 1 aliphatic rings. The van der Waals surface area contributed by atoms with Crippen LogP contribution in [0.25, 0.3) is 0 Å². The van der Waals surface area contributed by atoms with Gasteiger partial charge < -0.3 is 0 Å². The molecule has 0 N–H and O–H groups in total. The van der Waals surface area contributed by atoms with Gasteiger partial charge in [-0.3, -0.25) is 4.79 Å². The zero-order valence-corrected chi connectivity index (χ0v) is 10.8. The Morgan fingerprint density at radius 3 is 1.73 bits per heavy atom. The number of hydrogen-bond donors (Lipinski definition) is 0. The van der Waals surface area contributed by atoms with Crippen molar-refractivity contribution in [3.8, 4) is 0 Å². The first-order chi connectivity index (χ1) is 6.87. The summed E-state index contributed by atoms with van der Waals surface area (Å²) in [6, 6.07) is 0. The lowest BCUT2D eigenvalue weighted by molar-refractivity contribution is -0.120. The largest absolute Gasteiger partial charge is 0.300 e. The maximum absolute atomic E-state index is 10.4. The molecule has 3 heteroatoms. The summed E-state index contributed by atoms with van der Waals surface area (Å²) < 4.78 is 0. The summed E-state index contributed by atoms with van der Waals surface area (Å²) in [4.78, 5) is 19.9. The molecule has 0 aromatic carbocycles. The summed E-state index contributed by atoms with van der Waals surface area (Å²) in [7, 11) is 0. The van der Waals surface area contributed by atoms with E-state index in [1.807, 2.05) is 20.8 Å². The monoisotopic (exact) mass is 216 g/mol. The van der Waals surface area contributed by atoms with Crippen molar-refractivity contribution < 1.29 is 14.6 Å². The van der Waals surface area contributed by atoms with Gasteiger partial charge >= 0.3 is 0 Å². The normalized spacial score (nSPS) is 20.9. The van der Waals surface area contributed by atoms with Gasteiger partial charge in [-0.15, -0.1) is 0 Å². The lowest BCUT2D eigenvalue weighted by Gasteiger charge is -2.05. The number of rotatable bonds is 4. The zero-order valence-electron chi connectivity index (χ0n) is 10.8. The molecule has 1 fully saturated rings. The molecule has 0 spiro atoms. The topological polar surface area (TPSA) is 42.1 Å². The molecule has 0 amide bonds. The second-order valence-corrected chi connectivity index (χ2v) is 4.41. The second kappa shape index (κ2) is 6.23. The van der Waals surface area contributed by atoms with Crippen molar-refractivity contribution in [2.45, 2.75) is 60.2 Å². The lowest BCUT2D eigenvalue weighted by atomic mass is 10.0. The van der Waals surface area contributed by atoms with Crippen LogP contribution >= 0.6 is 0 Å². The van der Waals surface area contributed by atoms with Crippen molar-refractivity contribution >= 4 is 5.78 Å². The van der Waals surface area contributed by atoms with Gasteiger partial charge in [0.05, 0.1) is 0 Å². The van der Waals surface area contributed by atoms with Crippen LogP contribution in [0.2, 0.25) is 0 Å². The van der Waals surface area contributed by atoms with E-state index in [4.69, 9.17) is 9.78 Å². The second-order valence-electron chi connectivity index (χ2n) is 4.41. The van der Waals surface area contributed by atoms with Crippen LogP contribution < -0.4 is 0 Å². The average Bonchev–Trinajstić information content (AvgIpc) is 2.96. The van der Waals surface area contributed by atoms with Crippen LogP contribution in [0.3, 0.4) is 0 Å². The maximum Gasteiger partial charge on any atom is 0.234 e. The third-order valence-corrected chi connectivity index (χ3v) is 3.16. The van der Waals surface area contributed by atoms with Gasteiger partial charge in [-0.05, 0) is 26.7 Å². The number of carbonyl (C=O) groups is 1. The number of hydrogen-bond acceptors (Lipinski definition) is 3. The van der Waals surface area contributed by atoms with E-state index in [1.54, 1.807) is 6.92 Å². The Kier molecular flexibility index (Phi) is 6.06. The summed E-state index contributed by atoms with van der Waals surface area (Å²) in [6.45, 7) is 11.8. The van der Waals surface area contributed by atoms with E-state index < -0.39 is 0 Å². The third-order valence-electron chi connectivity index (χ3n) is 3.16. The summed E-state index contributed by atoms with van der Waals surface area (Å²) in [6.07, 6.45) is 2.08. The standard InChI is InChI=1S/C6H12O2.C6H12O/c1-4-5(2)6(3)7-8-6;1-4-5(2)6(3)7/h5H,4H2,1-3H3;5H,4H2,1-3H3. The molecule has 2 unspecified atom stereocenters. The molecule has 1 rings (SSSR count). The highest BCUT2D eigenvalue weighted by Crippen LogP contribution is 2.37. The highest BCUT2D eigenvalue weighted by Gasteiger charge is 2.47. The molecular formula is C12H24O3. The number of Topliss-reactive ketones (excluding diaryl/α,β-unsaturated/α-hetero) is 1. The van der Waals surface area contributed by atoms with Gasteiger partial charge in [0.25, 0.3) is 0 Å². The van der Waals surface area contributed by atoms with Gasteiger partial charge in [0, 0.05) is 11.8 Å². The van der Waals surface area contributed by atoms with E-state index in [0.29, 0.717) is 11.7 Å². The molecule has 2 atom stereocenters. The molecule has 0 aliphatic carbocycles. The van der Waals surface area contributed by atoms with Gasteiger partial charge in [-0.2, -0.15) is 9.78 Å². The molecule has 3 nitrogen and oxygen atoms in total. The SMILES string of the molecule is CCC(C)C(C)=O.CCC(C)C1(C)OO1. The van der Waals surface area contributed by atoms with Crippen LogP contribution in [-0.2, 0) is 14.6 Å². The Morgan fingerprint density at radius 2 is 1.67 bits per heavy atom. The molecule has 0 saturated carbocycles. The van der Waals surface area contributed by atoms with Crippen molar-refractivity contribution in [2.75, 3.05) is 0 Å². The van der Waals surface area contributed by atoms with Gasteiger partial charge in [-0.25, -0.2) is 0 Å². The Labute approximate surface area is 93.1 Å². The van der Waals surface area contributed by atoms with Gasteiger partial charge in [0.15, 0.2) is 0 Å². The number of ketones is 1. The van der Waals surface area contributed by atoms with E-state index in [1.165, 1.54) is 0 Å². The highest BCUT2D eigenvalue weighted by molar-refractivity contribution is 5.77. The molecular weight excluding hydrogens is 192 g/mol. The molecule has 0 aromatic rings. The molecule has 90 valence electrons. The molecule has 1 aliphatic heterocycles. The first kappa shape index (κ1) is 14.6. The maximum atomic E-state index is 10.4. The van der Waals surface area contributed by atoms with Crippen LogP contribution in [0.4, 0.5) is 0 Å². The minimum Gasteiger partial charge on any atom is -0.300 e. The van der Waals surface area contributed by atoms with E-state index in [2.05, 4.69) is 13.8 Å². The van der Waals surface area contributed by atoms with Gasteiger partial charge in [0.1, 0.15) is 5.78 Å². The van der Waals surface area contributed by atoms with E-state index >= 15 is 0 Å². The first-order valence-electron chi connectivity index (χ1n) is 5.74. The molecule has 1 saturated heterocycles. The van der Waals surface area contributed by atoms with Crippen LogP contribution in [0.5, 0.6) is 0 Å². The summed E-state index contributed by atoms with van der Waals surface area (Å²) in [5.41, 5.74) is 0. The molecule has 0 radical (unpaired) electrons. The minimum absolute atomic E-state index is 0.241. The molecule has 15 heavy (non-hydrogen) atoms.